The summed E-state index contributed by atoms with van der Waals surface area (Å²) in [6.07, 6.45) is 7.86. The average Bonchev–Trinajstić information content (AvgIpc) is 3.18. The van der Waals surface area contributed by atoms with Gasteiger partial charge in [0.05, 0.1) is 6.54 Å². The number of fused-ring (bicyclic) bond motifs is 1. The lowest BCUT2D eigenvalue weighted by molar-refractivity contribution is 0.612. The predicted octanol–water partition coefficient (Wildman–Crippen LogP) is 2.30. The molecule has 1 aliphatic carbocycles. The molecule has 23 heavy (non-hydrogen) atoms. The van der Waals surface area contributed by atoms with E-state index in [4.69, 9.17) is 0 Å². The van der Waals surface area contributed by atoms with Crippen molar-refractivity contribution in [3.63, 3.8) is 0 Å². The summed E-state index contributed by atoms with van der Waals surface area (Å²) >= 11 is 1.96. The molecule has 6 nitrogen and oxygen atoms in total. The number of rotatable bonds is 4. The Morgan fingerprint density at radius 3 is 3.00 bits per heavy atom. The summed E-state index contributed by atoms with van der Waals surface area (Å²) in [5, 5.41) is 16.0. The van der Waals surface area contributed by atoms with E-state index in [-0.39, 0.29) is 24.0 Å². The zero-order valence-corrected chi connectivity index (χ0v) is 16.5. The third kappa shape index (κ3) is 4.50. The van der Waals surface area contributed by atoms with Gasteiger partial charge in [-0.1, -0.05) is 6.07 Å². The summed E-state index contributed by atoms with van der Waals surface area (Å²) in [5.41, 5.74) is 0.862. The number of hydrogen-bond acceptors (Lipinski definition) is 4. The first-order valence-electron chi connectivity index (χ1n) is 7.58. The number of halogens is 1. The third-order valence-electron chi connectivity index (χ3n) is 4.08. The van der Waals surface area contributed by atoms with Gasteiger partial charge in [-0.15, -0.1) is 34.2 Å². The van der Waals surface area contributed by atoms with Crippen molar-refractivity contribution in [2.75, 3.05) is 13.3 Å². The molecule has 0 radical (unpaired) electrons. The highest BCUT2D eigenvalue weighted by Gasteiger charge is 2.24. The van der Waals surface area contributed by atoms with E-state index in [0.29, 0.717) is 12.6 Å². The molecule has 2 atom stereocenters. The summed E-state index contributed by atoms with van der Waals surface area (Å²) < 4.78 is 1.99. The van der Waals surface area contributed by atoms with E-state index < -0.39 is 0 Å². The Hall–Kier alpha value is -1.03. The monoisotopic (exact) mass is 446 g/mol. The molecule has 2 unspecified atom stereocenters. The molecule has 2 heterocycles. The van der Waals surface area contributed by atoms with E-state index in [2.05, 4.69) is 32.1 Å². The van der Waals surface area contributed by atoms with Crippen LogP contribution in [-0.4, -0.2) is 45.2 Å². The number of aliphatic imine (C=N–C) groups is 1. The fourth-order valence-electron chi connectivity index (χ4n) is 2.85. The fraction of sp³-hybridized carbons (Fsp3) is 0.533. The van der Waals surface area contributed by atoms with Gasteiger partial charge in [-0.25, -0.2) is 0 Å². The summed E-state index contributed by atoms with van der Waals surface area (Å²) in [7, 11) is 1.80. The molecule has 2 aromatic heterocycles. The van der Waals surface area contributed by atoms with Crippen LogP contribution in [0.3, 0.4) is 0 Å². The number of hydrogen-bond donors (Lipinski definition) is 2. The van der Waals surface area contributed by atoms with E-state index in [1.807, 2.05) is 40.6 Å². The maximum Gasteiger partial charge on any atom is 0.191 e. The van der Waals surface area contributed by atoms with Crippen LogP contribution in [0.25, 0.3) is 5.65 Å². The molecule has 0 amide bonds. The summed E-state index contributed by atoms with van der Waals surface area (Å²) in [6, 6.07) is 6.40. The minimum Gasteiger partial charge on any atom is -0.354 e. The van der Waals surface area contributed by atoms with Gasteiger partial charge in [-0.05, 0) is 37.7 Å². The van der Waals surface area contributed by atoms with Crippen molar-refractivity contribution >= 4 is 47.3 Å². The van der Waals surface area contributed by atoms with Crippen LogP contribution in [0.2, 0.25) is 0 Å². The second-order valence-electron chi connectivity index (χ2n) is 5.48. The smallest absolute Gasteiger partial charge is 0.191 e. The molecule has 2 aromatic rings. The lowest BCUT2D eigenvalue weighted by Gasteiger charge is -2.17. The average molecular weight is 446 g/mol. The van der Waals surface area contributed by atoms with Crippen LogP contribution in [0.5, 0.6) is 0 Å². The fourth-order valence-corrected chi connectivity index (χ4v) is 3.64. The zero-order valence-electron chi connectivity index (χ0n) is 13.4. The SMILES string of the molecule is CN=C(NCc1nnc2ccccn12)NC1CCC(SC)C1.I. The molecule has 1 fully saturated rings. The molecule has 1 aliphatic rings. The third-order valence-corrected chi connectivity index (χ3v) is 5.18. The van der Waals surface area contributed by atoms with Crippen LogP contribution in [-0.2, 0) is 6.54 Å². The van der Waals surface area contributed by atoms with Crippen molar-refractivity contribution in [1.29, 1.82) is 0 Å². The molecular formula is C15H23IN6S. The molecule has 0 aliphatic heterocycles. The Labute approximate surface area is 157 Å². The van der Waals surface area contributed by atoms with Gasteiger partial charge in [-0.3, -0.25) is 9.39 Å². The van der Waals surface area contributed by atoms with Crippen molar-refractivity contribution in [2.24, 2.45) is 4.99 Å². The first kappa shape index (κ1) is 18.3. The van der Waals surface area contributed by atoms with E-state index in [1.54, 1.807) is 7.05 Å². The molecule has 2 N–H and O–H groups in total. The Morgan fingerprint density at radius 1 is 1.39 bits per heavy atom. The molecule has 1 saturated carbocycles. The molecular weight excluding hydrogens is 423 g/mol. The molecule has 0 bridgehead atoms. The van der Waals surface area contributed by atoms with E-state index in [1.165, 1.54) is 19.3 Å². The number of aromatic nitrogens is 3. The Balaban J connectivity index is 0.00000192. The Kier molecular flexibility index (Phi) is 6.94. The van der Waals surface area contributed by atoms with Crippen LogP contribution >= 0.6 is 35.7 Å². The van der Waals surface area contributed by atoms with Gasteiger partial charge >= 0.3 is 0 Å². The van der Waals surface area contributed by atoms with Gasteiger partial charge in [0.2, 0.25) is 0 Å². The normalized spacial score (nSPS) is 21.2. The maximum atomic E-state index is 4.31. The van der Waals surface area contributed by atoms with E-state index in [9.17, 15) is 0 Å². The van der Waals surface area contributed by atoms with E-state index in [0.717, 1.165) is 22.7 Å². The molecule has 8 heteroatoms. The molecule has 0 aromatic carbocycles. The van der Waals surface area contributed by atoms with Crippen LogP contribution in [0.15, 0.2) is 29.4 Å². The lowest BCUT2D eigenvalue weighted by atomic mass is 10.2. The molecule has 0 spiro atoms. The number of guanidine groups is 1. The summed E-state index contributed by atoms with van der Waals surface area (Å²) in [4.78, 5) is 4.31. The zero-order chi connectivity index (χ0) is 15.4. The molecule has 0 saturated heterocycles. The van der Waals surface area contributed by atoms with Crippen molar-refractivity contribution in [3.05, 3.63) is 30.2 Å². The van der Waals surface area contributed by atoms with Gasteiger partial charge in [-0.2, -0.15) is 11.8 Å². The quantitative estimate of drug-likeness (QED) is 0.429. The highest BCUT2D eigenvalue weighted by Crippen LogP contribution is 2.27. The first-order chi connectivity index (χ1) is 10.8. The van der Waals surface area contributed by atoms with Crippen molar-refractivity contribution < 1.29 is 0 Å². The summed E-state index contributed by atoms with van der Waals surface area (Å²) in [5.74, 6) is 1.71. The van der Waals surface area contributed by atoms with Crippen molar-refractivity contribution in [2.45, 2.75) is 37.1 Å². The maximum absolute atomic E-state index is 4.31. The second kappa shape index (κ2) is 8.72. The minimum atomic E-state index is 0. The summed E-state index contributed by atoms with van der Waals surface area (Å²) in [6.45, 7) is 0.601. The minimum absolute atomic E-state index is 0. The number of pyridine rings is 1. The largest absolute Gasteiger partial charge is 0.354 e. The Bertz CT molecular complexity index is 658. The van der Waals surface area contributed by atoms with Gasteiger partial charge in [0.25, 0.3) is 0 Å². The van der Waals surface area contributed by atoms with Crippen LogP contribution in [0.4, 0.5) is 0 Å². The number of nitrogens with one attached hydrogen (secondary N) is 2. The van der Waals surface area contributed by atoms with E-state index >= 15 is 0 Å². The van der Waals surface area contributed by atoms with Gasteiger partial charge in [0.15, 0.2) is 17.4 Å². The Morgan fingerprint density at radius 2 is 2.26 bits per heavy atom. The van der Waals surface area contributed by atoms with Crippen LogP contribution in [0, 0.1) is 0 Å². The van der Waals surface area contributed by atoms with Crippen molar-refractivity contribution in [1.82, 2.24) is 25.2 Å². The predicted molar refractivity (Wildman–Crippen MR) is 107 cm³/mol. The van der Waals surface area contributed by atoms with Gasteiger partial charge < -0.3 is 10.6 Å². The van der Waals surface area contributed by atoms with Gasteiger partial charge in [0.1, 0.15) is 0 Å². The first-order valence-corrected chi connectivity index (χ1v) is 8.87. The standard InChI is InChI=1S/C15H22N6S.HI/c1-16-15(18-11-6-7-12(9-11)22-2)17-10-14-20-19-13-5-3-4-8-21(13)14;/h3-5,8,11-12H,6-7,9-10H2,1-2H3,(H2,16,17,18);1H. The van der Waals surface area contributed by atoms with Gasteiger partial charge in [0, 0.05) is 24.5 Å². The van der Waals surface area contributed by atoms with Crippen molar-refractivity contribution in [3.8, 4) is 0 Å². The molecule has 3 rings (SSSR count). The topological polar surface area (TPSA) is 66.6 Å². The van der Waals surface area contributed by atoms with Crippen LogP contribution in [0.1, 0.15) is 25.1 Å². The van der Waals surface area contributed by atoms with Crippen LogP contribution < -0.4 is 10.6 Å². The highest BCUT2D eigenvalue weighted by atomic mass is 127. The number of nitrogens with zero attached hydrogens (tertiary/aromatic N) is 4. The molecule has 126 valence electrons. The lowest BCUT2D eigenvalue weighted by Crippen LogP contribution is -2.42. The highest BCUT2D eigenvalue weighted by molar-refractivity contribution is 14.0. The number of thioether (sulfide) groups is 1. The second-order valence-corrected chi connectivity index (χ2v) is 6.62.